The molecule has 2 N–H and O–H groups in total. The Hall–Kier alpha value is -3.65. The van der Waals surface area contributed by atoms with Gasteiger partial charge in [0, 0.05) is 5.69 Å². The maximum atomic E-state index is 12.1. The monoisotopic (exact) mass is 523 g/mol. The van der Waals surface area contributed by atoms with E-state index >= 15 is 0 Å². The summed E-state index contributed by atoms with van der Waals surface area (Å²) >= 11 is 3.52. The van der Waals surface area contributed by atoms with E-state index in [2.05, 4.69) is 31.8 Å². The number of carbonyl (C=O) groups is 2. The number of nitrogens with zero attached hydrogens (tertiary/aromatic N) is 1. The number of nitrogens with one attached hydrogen (secondary N) is 2. The Bertz CT molecular complexity index is 1150. The molecule has 0 fully saturated rings. The van der Waals surface area contributed by atoms with Crippen LogP contribution in [0.1, 0.15) is 30.0 Å². The zero-order valence-corrected chi connectivity index (χ0v) is 20.6. The molecule has 8 heteroatoms. The largest absolute Gasteiger partial charge is 0.490 e. The van der Waals surface area contributed by atoms with Crippen LogP contribution >= 0.6 is 15.9 Å². The molecule has 7 nitrogen and oxygen atoms in total. The fraction of sp³-hybridized carbons (Fsp3) is 0.192. The lowest BCUT2D eigenvalue weighted by molar-refractivity contribution is -0.126. The lowest BCUT2D eigenvalue weighted by Gasteiger charge is -2.14. The van der Waals surface area contributed by atoms with Gasteiger partial charge in [-0.25, -0.2) is 5.43 Å². The normalized spacial score (nSPS) is 10.7. The van der Waals surface area contributed by atoms with Crippen LogP contribution in [-0.4, -0.2) is 24.6 Å². The smallest absolute Gasteiger partial charge is 0.249 e. The predicted octanol–water partition coefficient (Wildman–Crippen LogP) is 5.21. The van der Waals surface area contributed by atoms with Crippen LogP contribution in [0.4, 0.5) is 5.69 Å². The van der Waals surface area contributed by atoms with Crippen molar-refractivity contribution < 1.29 is 19.1 Å². The Balaban J connectivity index is 1.58. The van der Waals surface area contributed by atoms with Gasteiger partial charge in [-0.05, 0) is 65.2 Å². The average molecular weight is 524 g/mol. The molecule has 34 heavy (non-hydrogen) atoms. The summed E-state index contributed by atoms with van der Waals surface area (Å²) in [4.78, 5) is 24.1. The molecule has 0 aromatic heterocycles. The van der Waals surface area contributed by atoms with Crippen molar-refractivity contribution in [1.29, 1.82) is 0 Å². The molecule has 0 saturated carbocycles. The molecule has 0 aliphatic heterocycles. The summed E-state index contributed by atoms with van der Waals surface area (Å²) in [5.74, 6) is 0.198. The first-order chi connectivity index (χ1) is 16.4. The summed E-state index contributed by atoms with van der Waals surface area (Å²) in [6.07, 6.45) is 1.13. The molecule has 3 aromatic rings. The highest BCUT2D eigenvalue weighted by atomic mass is 79.9. The molecule has 2 amide bonds. The number of anilines is 1. The van der Waals surface area contributed by atoms with Gasteiger partial charge in [0.25, 0.3) is 0 Å². The summed E-state index contributed by atoms with van der Waals surface area (Å²) in [7, 11) is 0. The van der Waals surface area contributed by atoms with E-state index in [1.54, 1.807) is 18.2 Å². The standard InChI is InChI=1S/C26H26BrN3O4/c1-3-33-23-14-20(13-22(27)26(23)34-17-19-7-5-4-6-8-19)16-28-30-25(32)15-24(31)29-21-11-9-18(2)10-12-21/h4-14,16H,3,15,17H2,1-2H3,(H,29,31)(H,30,32). The first-order valence-electron chi connectivity index (χ1n) is 10.8. The molecule has 0 radical (unpaired) electrons. The number of hydrogen-bond acceptors (Lipinski definition) is 5. The number of amides is 2. The van der Waals surface area contributed by atoms with Crippen LogP contribution < -0.4 is 20.2 Å². The maximum Gasteiger partial charge on any atom is 0.249 e. The Morgan fingerprint density at radius 2 is 1.74 bits per heavy atom. The summed E-state index contributed by atoms with van der Waals surface area (Å²) in [5.41, 5.74) is 5.81. The van der Waals surface area contributed by atoms with Crippen LogP contribution in [0, 0.1) is 6.92 Å². The second kappa shape index (κ2) is 12.6. The Labute approximate surface area is 207 Å². The summed E-state index contributed by atoms with van der Waals surface area (Å²) in [6, 6.07) is 20.7. The topological polar surface area (TPSA) is 89.0 Å². The van der Waals surface area contributed by atoms with E-state index < -0.39 is 11.8 Å². The zero-order chi connectivity index (χ0) is 24.3. The van der Waals surface area contributed by atoms with Gasteiger partial charge in [0.15, 0.2) is 11.5 Å². The van der Waals surface area contributed by atoms with Crippen molar-refractivity contribution in [2.45, 2.75) is 26.9 Å². The molecule has 176 valence electrons. The van der Waals surface area contributed by atoms with Gasteiger partial charge in [0.2, 0.25) is 11.8 Å². The molecule has 0 bridgehead atoms. The molecule has 0 spiro atoms. The first kappa shape index (κ1) is 25.0. The van der Waals surface area contributed by atoms with Crippen LogP contribution in [0.25, 0.3) is 0 Å². The van der Waals surface area contributed by atoms with Gasteiger partial charge < -0.3 is 14.8 Å². The molecule has 0 heterocycles. The van der Waals surface area contributed by atoms with Crippen LogP contribution in [0.15, 0.2) is 76.3 Å². The molecular weight excluding hydrogens is 498 g/mol. The van der Waals surface area contributed by atoms with Gasteiger partial charge in [-0.1, -0.05) is 48.0 Å². The van der Waals surface area contributed by atoms with Crippen molar-refractivity contribution in [2.24, 2.45) is 5.10 Å². The number of hydrogen-bond donors (Lipinski definition) is 2. The second-order valence-corrected chi connectivity index (χ2v) is 8.28. The van der Waals surface area contributed by atoms with Crippen molar-refractivity contribution in [3.8, 4) is 11.5 Å². The lowest BCUT2D eigenvalue weighted by atomic mass is 10.2. The van der Waals surface area contributed by atoms with E-state index in [9.17, 15) is 9.59 Å². The van der Waals surface area contributed by atoms with Gasteiger partial charge in [0.05, 0.1) is 17.3 Å². The lowest BCUT2D eigenvalue weighted by Crippen LogP contribution is -2.24. The summed E-state index contributed by atoms with van der Waals surface area (Å²) < 4.78 is 12.4. The highest BCUT2D eigenvalue weighted by Gasteiger charge is 2.13. The quantitative estimate of drug-likeness (QED) is 0.216. The molecule has 0 aliphatic carbocycles. The fourth-order valence-electron chi connectivity index (χ4n) is 3.00. The first-order valence-corrected chi connectivity index (χ1v) is 11.6. The van der Waals surface area contributed by atoms with Gasteiger partial charge in [-0.15, -0.1) is 0 Å². The highest BCUT2D eigenvalue weighted by Crippen LogP contribution is 2.37. The Morgan fingerprint density at radius 1 is 1.00 bits per heavy atom. The van der Waals surface area contributed by atoms with E-state index in [-0.39, 0.29) is 6.42 Å². The van der Waals surface area contributed by atoms with Crippen molar-refractivity contribution in [1.82, 2.24) is 5.43 Å². The van der Waals surface area contributed by atoms with Crippen molar-refractivity contribution >= 4 is 39.6 Å². The van der Waals surface area contributed by atoms with E-state index in [0.717, 1.165) is 11.1 Å². The number of rotatable bonds is 10. The second-order valence-electron chi connectivity index (χ2n) is 7.42. The van der Waals surface area contributed by atoms with Gasteiger partial charge in [-0.3, -0.25) is 9.59 Å². The van der Waals surface area contributed by atoms with Gasteiger partial charge in [-0.2, -0.15) is 5.10 Å². The number of benzene rings is 3. The minimum absolute atomic E-state index is 0.342. The number of carbonyl (C=O) groups excluding carboxylic acids is 2. The molecule has 0 aliphatic rings. The minimum Gasteiger partial charge on any atom is -0.490 e. The molecule has 0 saturated heterocycles. The number of halogens is 1. The third-order valence-electron chi connectivity index (χ3n) is 4.62. The number of ether oxygens (including phenoxy) is 2. The van der Waals surface area contributed by atoms with E-state index in [1.807, 2.05) is 62.4 Å². The van der Waals surface area contributed by atoms with Crippen molar-refractivity contribution in [3.63, 3.8) is 0 Å². The predicted molar refractivity (Wildman–Crippen MR) is 136 cm³/mol. The summed E-state index contributed by atoms with van der Waals surface area (Å²) in [5, 5.41) is 6.64. The van der Waals surface area contributed by atoms with E-state index in [1.165, 1.54) is 6.21 Å². The highest BCUT2D eigenvalue weighted by molar-refractivity contribution is 9.10. The third-order valence-corrected chi connectivity index (χ3v) is 5.21. The molecule has 3 rings (SSSR count). The Kier molecular flexibility index (Phi) is 9.22. The third kappa shape index (κ3) is 7.74. The molecule has 0 atom stereocenters. The molecule has 0 unspecified atom stereocenters. The summed E-state index contributed by atoms with van der Waals surface area (Å²) in [6.45, 7) is 4.70. The average Bonchev–Trinajstić information content (AvgIpc) is 2.81. The van der Waals surface area contributed by atoms with Crippen LogP contribution in [0.2, 0.25) is 0 Å². The minimum atomic E-state index is -0.521. The maximum absolute atomic E-state index is 12.1. The SMILES string of the molecule is CCOc1cc(C=NNC(=O)CC(=O)Nc2ccc(C)cc2)cc(Br)c1OCc1ccccc1. The van der Waals surface area contributed by atoms with Crippen molar-refractivity contribution in [3.05, 3.63) is 87.9 Å². The molecular formula is C26H26BrN3O4. The Morgan fingerprint density at radius 3 is 2.44 bits per heavy atom. The van der Waals surface area contributed by atoms with Gasteiger partial charge in [0.1, 0.15) is 13.0 Å². The van der Waals surface area contributed by atoms with Crippen LogP contribution in [0.3, 0.4) is 0 Å². The van der Waals surface area contributed by atoms with Gasteiger partial charge >= 0.3 is 0 Å². The van der Waals surface area contributed by atoms with Crippen LogP contribution in [0.5, 0.6) is 11.5 Å². The fourth-order valence-corrected chi connectivity index (χ4v) is 3.58. The van der Waals surface area contributed by atoms with Crippen LogP contribution in [-0.2, 0) is 16.2 Å². The zero-order valence-electron chi connectivity index (χ0n) is 19.0. The number of hydrazone groups is 1. The number of aryl methyl sites for hydroxylation is 1. The van der Waals surface area contributed by atoms with E-state index in [4.69, 9.17) is 9.47 Å². The van der Waals surface area contributed by atoms with Crippen molar-refractivity contribution in [2.75, 3.05) is 11.9 Å². The molecule has 3 aromatic carbocycles. The van der Waals surface area contributed by atoms with E-state index in [0.29, 0.717) is 40.4 Å².